The molecular weight excluding hydrogens is 366 g/mol. The summed E-state index contributed by atoms with van der Waals surface area (Å²) >= 11 is 0. The van der Waals surface area contributed by atoms with Crippen molar-refractivity contribution in [3.8, 4) is 0 Å². The van der Waals surface area contributed by atoms with Crippen LogP contribution < -0.4 is 10.6 Å². The minimum Gasteiger partial charge on any atom is -0.352 e. The van der Waals surface area contributed by atoms with Gasteiger partial charge in [0.05, 0.1) is 0 Å². The van der Waals surface area contributed by atoms with E-state index in [4.69, 9.17) is 0 Å². The number of rotatable bonds is 4. The summed E-state index contributed by atoms with van der Waals surface area (Å²) in [5, 5.41) is 5.79. The molecule has 1 atom stereocenters. The number of imide groups is 1. The molecule has 3 rings (SSSR count). The van der Waals surface area contributed by atoms with Crippen molar-refractivity contribution < 1.29 is 14.4 Å². The van der Waals surface area contributed by atoms with E-state index in [-0.39, 0.29) is 29.8 Å². The highest BCUT2D eigenvalue weighted by Gasteiger charge is 2.49. The van der Waals surface area contributed by atoms with Crippen LogP contribution >= 0.6 is 0 Å². The number of carbonyl (C=O) groups excluding carboxylic acids is 3. The fourth-order valence-electron chi connectivity index (χ4n) is 4.18. The van der Waals surface area contributed by atoms with Gasteiger partial charge in [0.1, 0.15) is 12.1 Å². The van der Waals surface area contributed by atoms with Gasteiger partial charge in [-0.2, -0.15) is 0 Å². The van der Waals surface area contributed by atoms with Crippen LogP contribution in [0.4, 0.5) is 4.79 Å². The molecule has 1 saturated heterocycles. The Labute approximate surface area is 173 Å². The summed E-state index contributed by atoms with van der Waals surface area (Å²) in [5.74, 6) is -0.658. The van der Waals surface area contributed by atoms with Gasteiger partial charge in [-0.25, -0.2) is 4.79 Å². The maximum Gasteiger partial charge on any atom is 0.325 e. The van der Waals surface area contributed by atoms with Crippen LogP contribution in [0, 0.1) is 0 Å². The molecular formula is C23H33N3O3. The van der Waals surface area contributed by atoms with E-state index in [1.807, 2.05) is 24.3 Å². The van der Waals surface area contributed by atoms with E-state index >= 15 is 0 Å². The lowest BCUT2D eigenvalue weighted by atomic mass is 9.84. The Balaban J connectivity index is 1.69. The molecule has 1 aromatic rings. The van der Waals surface area contributed by atoms with E-state index in [9.17, 15) is 14.4 Å². The summed E-state index contributed by atoms with van der Waals surface area (Å²) in [4.78, 5) is 39.1. The second-order valence-corrected chi connectivity index (χ2v) is 9.53. The Morgan fingerprint density at radius 3 is 2.24 bits per heavy atom. The number of carbonyl (C=O) groups is 3. The molecule has 1 unspecified atom stereocenters. The maximum atomic E-state index is 13.1. The van der Waals surface area contributed by atoms with E-state index in [0.717, 1.165) is 41.7 Å². The van der Waals surface area contributed by atoms with Crippen molar-refractivity contribution in [1.82, 2.24) is 15.5 Å². The molecule has 1 aliphatic carbocycles. The third kappa shape index (κ3) is 4.62. The second-order valence-electron chi connectivity index (χ2n) is 9.53. The third-order valence-electron chi connectivity index (χ3n) is 6.13. The van der Waals surface area contributed by atoms with Gasteiger partial charge in [-0.15, -0.1) is 0 Å². The van der Waals surface area contributed by atoms with Gasteiger partial charge in [-0.1, -0.05) is 70.7 Å². The molecule has 1 saturated carbocycles. The van der Waals surface area contributed by atoms with Crippen LogP contribution in [-0.4, -0.2) is 35.3 Å². The van der Waals surface area contributed by atoms with E-state index in [2.05, 4.69) is 31.4 Å². The molecule has 1 heterocycles. The average molecular weight is 400 g/mol. The Morgan fingerprint density at radius 1 is 1.10 bits per heavy atom. The number of hydrogen-bond acceptors (Lipinski definition) is 3. The van der Waals surface area contributed by atoms with Crippen molar-refractivity contribution in [3.63, 3.8) is 0 Å². The zero-order chi connectivity index (χ0) is 21.2. The molecule has 29 heavy (non-hydrogen) atoms. The van der Waals surface area contributed by atoms with E-state index < -0.39 is 11.6 Å². The average Bonchev–Trinajstić information content (AvgIpc) is 2.85. The smallest absolute Gasteiger partial charge is 0.325 e. The van der Waals surface area contributed by atoms with Crippen LogP contribution in [0.1, 0.15) is 77.3 Å². The second kappa shape index (κ2) is 8.17. The molecule has 0 radical (unpaired) electrons. The van der Waals surface area contributed by atoms with Crippen LogP contribution in [0.5, 0.6) is 0 Å². The first-order valence-electron chi connectivity index (χ1n) is 10.7. The Kier molecular flexibility index (Phi) is 6.01. The van der Waals surface area contributed by atoms with Crippen LogP contribution in [0.3, 0.4) is 0 Å². The van der Waals surface area contributed by atoms with Gasteiger partial charge in [0.2, 0.25) is 5.91 Å². The van der Waals surface area contributed by atoms with Crippen molar-refractivity contribution in [2.24, 2.45) is 0 Å². The molecule has 158 valence electrons. The number of urea groups is 1. The van der Waals surface area contributed by atoms with Gasteiger partial charge < -0.3 is 10.6 Å². The van der Waals surface area contributed by atoms with Crippen LogP contribution in [-0.2, 0) is 20.5 Å². The van der Waals surface area contributed by atoms with Crippen LogP contribution in [0.15, 0.2) is 24.3 Å². The summed E-state index contributed by atoms with van der Waals surface area (Å²) in [5.41, 5.74) is 0.720. The summed E-state index contributed by atoms with van der Waals surface area (Å²) in [6.07, 6.45) is 6.54. The Bertz CT molecular complexity index is 774. The largest absolute Gasteiger partial charge is 0.352 e. The fourth-order valence-corrected chi connectivity index (χ4v) is 4.18. The predicted octanol–water partition coefficient (Wildman–Crippen LogP) is 3.59. The van der Waals surface area contributed by atoms with Gasteiger partial charge in [-0.05, 0) is 36.3 Å². The SMILES string of the molecule is CC(C)(C)c1ccc(C2(C)NC(=O)N(CC(=O)NC3CCCCCC3)C2=O)cc1. The molecule has 0 aromatic heterocycles. The topological polar surface area (TPSA) is 78.5 Å². The van der Waals surface area contributed by atoms with Gasteiger partial charge in [0.15, 0.2) is 0 Å². The predicted molar refractivity (Wildman–Crippen MR) is 112 cm³/mol. The number of nitrogens with zero attached hydrogens (tertiary/aromatic N) is 1. The van der Waals surface area contributed by atoms with Crippen LogP contribution in [0.25, 0.3) is 0 Å². The van der Waals surface area contributed by atoms with E-state index in [1.54, 1.807) is 6.92 Å². The number of nitrogens with one attached hydrogen (secondary N) is 2. The van der Waals surface area contributed by atoms with Gasteiger partial charge >= 0.3 is 6.03 Å². The third-order valence-corrected chi connectivity index (χ3v) is 6.13. The monoisotopic (exact) mass is 399 g/mol. The van der Waals surface area contributed by atoms with Crippen molar-refractivity contribution >= 4 is 17.8 Å². The van der Waals surface area contributed by atoms with Gasteiger partial charge in [0, 0.05) is 6.04 Å². The summed E-state index contributed by atoms with van der Waals surface area (Å²) < 4.78 is 0. The minimum atomic E-state index is -1.16. The zero-order valence-corrected chi connectivity index (χ0v) is 18.0. The number of benzene rings is 1. The summed E-state index contributed by atoms with van der Waals surface area (Å²) in [6, 6.07) is 7.36. The van der Waals surface area contributed by atoms with Crippen LogP contribution in [0.2, 0.25) is 0 Å². The highest BCUT2D eigenvalue weighted by atomic mass is 16.2. The van der Waals surface area contributed by atoms with Crippen molar-refractivity contribution in [2.45, 2.75) is 83.2 Å². The quantitative estimate of drug-likeness (QED) is 0.600. The van der Waals surface area contributed by atoms with Crippen molar-refractivity contribution in [2.75, 3.05) is 6.54 Å². The summed E-state index contributed by atoms with van der Waals surface area (Å²) in [6.45, 7) is 7.84. The highest BCUT2D eigenvalue weighted by Crippen LogP contribution is 2.31. The van der Waals surface area contributed by atoms with Crippen molar-refractivity contribution in [3.05, 3.63) is 35.4 Å². The molecule has 0 bridgehead atoms. The molecule has 6 nitrogen and oxygen atoms in total. The van der Waals surface area contributed by atoms with Crippen molar-refractivity contribution in [1.29, 1.82) is 0 Å². The molecule has 2 N–H and O–H groups in total. The zero-order valence-electron chi connectivity index (χ0n) is 18.0. The molecule has 2 aliphatic rings. The number of hydrogen-bond donors (Lipinski definition) is 2. The first-order valence-corrected chi connectivity index (χ1v) is 10.7. The molecule has 6 heteroatoms. The molecule has 4 amide bonds. The minimum absolute atomic E-state index is 0.00445. The highest BCUT2D eigenvalue weighted by molar-refractivity contribution is 6.09. The standard InChI is InChI=1S/C23H33N3O3/c1-22(2,3)16-11-13-17(14-12-16)23(4)20(28)26(21(29)25-23)15-19(27)24-18-9-7-5-6-8-10-18/h11-14,18H,5-10,15H2,1-4H3,(H,24,27)(H,25,29). The first-order chi connectivity index (χ1) is 13.6. The first kappa shape index (κ1) is 21.3. The van der Waals surface area contributed by atoms with Gasteiger partial charge in [-0.3, -0.25) is 14.5 Å². The van der Waals surface area contributed by atoms with Gasteiger partial charge in [0.25, 0.3) is 5.91 Å². The molecule has 1 aromatic carbocycles. The van der Waals surface area contributed by atoms with E-state index in [0.29, 0.717) is 0 Å². The lowest BCUT2D eigenvalue weighted by molar-refractivity contribution is -0.135. The van der Waals surface area contributed by atoms with E-state index in [1.165, 1.54) is 12.8 Å². The normalized spacial score (nSPS) is 23.7. The summed E-state index contributed by atoms with van der Waals surface area (Å²) in [7, 11) is 0. The lowest BCUT2D eigenvalue weighted by Crippen LogP contribution is -2.45. The molecule has 1 aliphatic heterocycles. The molecule has 0 spiro atoms. The number of amides is 4. The Hall–Kier alpha value is -2.37. The Morgan fingerprint density at radius 2 is 1.69 bits per heavy atom. The lowest BCUT2D eigenvalue weighted by Gasteiger charge is -2.25. The molecule has 2 fully saturated rings. The maximum absolute atomic E-state index is 13.1. The fraction of sp³-hybridized carbons (Fsp3) is 0.609.